The lowest BCUT2D eigenvalue weighted by Crippen LogP contribution is -2.10. The van der Waals surface area contributed by atoms with E-state index in [-0.39, 0.29) is 11.0 Å². The van der Waals surface area contributed by atoms with Crippen molar-refractivity contribution in [2.45, 2.75) is 11.5 Å². The monoisotopic (exact) mass is 365 g/mol. The maximum Gasteiger partial charge on any atom is 0.418 e. The second-order valence-electron chi connectivity index (χ2n) is 2.28. The van der Waals surface area contributed by atoms with E-state index in [2.05, 4.69) is 20.9 Å². The van der Waals surface area contributed by atoms with Crippen molar-refractivity contribution in [2.75, 3.05) is 0 Å². The molecule has 72 valence electrons. The second-order valence-corrected chi connectivity index (χ2v) is 4.09. The Labute approximate surface area is 95.0 Å². The highest BCUT2D eigenvalue weighted by molar-refractivity contribution is 14.1. The first-order valence-corrected chi connectivity index (χ1v) is 5.42. The third-order valence-electron chi connectivity index (χ3n) is 1.37. The molecule has 0 aliphatic heterocycles. The first kappa shape index (κ1) is 11.2. The van der Waals surface area contributed by atoms with Gasteiger partial charge >= 0.3 is 6.18 Å². The largest absolute Gasteiger partial charge is 0.418 e. The number of nitrogens with zero attached hydrogens (tertiary/aromatic N) is 1. The van der Waals surface area contributed by atoms with Gasteiger partial charge in [0.15, 0.2) is 0 Å². The van der Waals surface area contributed by atoms with Crippen molar-refractivity contribution >= 4 is 38.5 Å². The van der Waals surface area contributed by atoms with Crippen LogP contribution in [0, 0.1) is 3.57 Å². The zero-order valence-corrected chi connectivity index (χ0v) is 9.94. The Morgan fingerprint density at radius 1 is 1.46 bits per heavy atom. The van der Waals surface area contributed by atoms with E-state index < -0.39 is 11.7 Å². The molecule has 0 fully saturated rings. The van der Waals surface area contributed by atoms with Crippen LogP contribution in [0.25, 0.3) is 0 Å². The Hall–Kier alpha value is 0.150. The molecule has 0 aliphatic rings. The fourth-order valence-corrected chi connectivity index (χ4v) is 1.72. The maximum absolute atomic E-state index is 12.4. The minimum absolute atomic E-state index is 0.0212. The van der Waals surface area contributed by atoms with Crippen molar-refractivity contribution in [1.82, 2.24) is 4.98 Å². The van der Waals surface area contributed by atoms with E-state index in [1.807, 2.05) is 0 Å². The van der Waals surface area contributed by atoms with E-state index in [0.717, 1.165) is 6.07 Å². The van der Waals surface area contributed by atoms with Crippen LogP contribution in [0.3, 0.4) is 0 Å². The highest BCUT2D eigenvalue weighted by atomic mass is 127. The van der Waals surface area contributed by atoms with Crippen LogP contribution < -0.4 is 0 Å². The quantitative estimate of drug-likeness (QED) is 0.547. The van der Waals surface area contributed by atoms with Crippen molar-refractivity contribution in [3.8, 4) is 0 Å². The lowest BCUT2D eigenvalue weighted by atomic mass is 10.2. The Kier molecular flexibility index (Phi) is 3.56. The number of halogens is 5. The molecule has 0 N–H and O–H groups in total. The van der Waals surface area contributed by atoms with Crippen LogP contribution in [0.2, 0.25) is 0 Å². The van der Waals surface area contributed by atoms with E-state index in [0.29, 0.717) is 3.57 Å². The Morgan fingerprint density at radius 2 is 2.08 bits per heavy atom. The van der Waals surface area contributed by atoms with Crippen LogP contribution in [-0.2, 0) is 11.5 Å². The molecule has 1 rings (SSSR count). The van der Waals surface area contributed by atoms with Crippen molar-refractivity contribution in [3.63, 3.8) is 0 Å². The standard InChI is InChI=1S/C7H4BrF3IN/c8-2-6-5(7(9,10)11)1-4(12)3-13-6/h1,3H,2H2. The van der Waals surface area contributed by atoms with Gasteiger partial charge in [-0.15, -0.1) is 0 Å². The highest BCUT2D eigenvalue weighted by Crippen LogP contribution is 2.32. The molecule has 1 heterocycles. The van der Waals surface area contributed by atoms with Gasteiger partial charge in [-0.3, -0.25) is 4.98 Å². The lowest BCUT2D eigenvalue weighted by molar-refractivity contribution is -0.138. The van der Waals surface area contributed by atoms with Gasteiger partial charge in [-0.1, -0.05) is 15.9 Å². The molecule has 13 heavy (non-hydrogen) atoms. The van der Waals surface area contributed by atoms with E-state index in [9.17, 15) is 13.2 Å². The van der Waals surface area contributed by atoms with Crippen LogP contribution in [0.1, 0.15) is 11.3 Å². The molecule has 1 aromatic rings. The summed E-state index contributed by atoms with van der Waals surface area (Å²) in [6.07, 6.45) is -2.91. The lowest BCUT2D eigenvalue weighted by Gasteiger charge is -2.10. The number of aromatic nitrogens is 1. The molecule has 0 aromatic carbocycles. The van der Waals surface area contributed by atoms with Crippen molar-refractivity contribution < 1.29 is 13.2 Å². The summed E-state index contributed by atoms with van der Waals surface area (Å²) >= 11 is 4.76. The predicted octanol–water partition coefficient (Wildman–Crippen LogP) is 3.60. The van der Waals surface area contributed by atoms with Crippen molar-refractivity contribution in [3.05, 3.63) is 27.1 Å². The smallest absolute Gasteiger partial charge is 0.259 e. The topological polar surface area (TPSA) is 12.9 Å². The van der Waals surface area contributed by atoms with Crippen molar-refractivity contribution in [1.29, 1.82) is 0 Å². The van der Waals surface area contributed by atoms with Gasteiger partial charge in [0.2, 0.25) is 0 Å². The third kappa shape index (κ3) is 2.80. The zero-order chi connectivity index (χ0) is 10.1. The van der Waals surface area contributed by atoms with E-state index in [1.165, 1.54) is 6.20 Å². The molecule has 0 aliphatic carbocycles. The molecular weight excluding hydrogens is 362 g/mol. The average molecular weight is 366 g/mol. The van der Waals surface area contributed by atoms with Crippen molar-refractivity contribution in [2.24, 2.45) is 0 Å². The molecule has 6 heteroatoms. The molecule has 1 aromatic heterocycles. The zero-order valence-electron chi connectivity index (χ0n) is 6.20. The summed E-state index contributed by atoms with van der Waals surface area (Å²) in [5.74, 6) is 0. The number of rotatable bonds is 1. The molecule has 0 unspecified atom stereocenters. The fraction of sp³-hybridized carbons (Fsp3) is 0.286. The molecule has 0 saturated carbocycles. The molecule has 0 atom stereocenters. The fourth-order valence-electron chi connectivity index (χ4n) is 0.820. The molecule has 0 spiro atoms. The summed E-state index contributed by atoms with van der Waals surface area (Å²) < 4.78 is 37.5. The number of hydrogen-bond acceptors (Lipinski definition) is 1. The van der Waals surface area contributed by atoms with Crippen LogP contribution in [0.5, 0.6) is 0 Å². The first-order valence-electron chi connectivity index (χ1n) is 3.22. The maximum atomic E-state index is 12.4. The number of alkyl halides is 4. The summed E-state index contributed by atoms with van der Waals surface area (Å²) in [5.41, 5.74) is -0.649. The van der Waals surface area contributed by atoms with E-state index in [1.54, 1.807) is 22.6 Å². The molecule has 0 saturated heterocycles. The van der Waals surface area contributed by atoms with Gasteiger partial charge in [-0.2, -0.15) is 13.2 Å². The summed E-state index contributed by atoms with van der Waals surface area (Å²) in [5, 5.41) is 0.110. The SMILES string of the molecule is FC(F)(F)c1cc(I)cnc1CBr. The molecular formula is C7H4BrF3IN. The molecule has 1 nitrogen and oxygen atoms in total. The van der Waals surface area contributed by atoms with E-state index >= 15 is 0 Å². The normalized spacial score (nSPS) is 11.8. The Morgan fingerprint density at radius 3 is 2.54 bits per heavy atom. The van der Waals surface area contributed by atoms with Crippen LogP contribution in [0.15, 0.2) is 12.3 Å². The summed E-state index contributed by atoms with van der Waals surface area (Å²) in [6, 6.07) is 1.09. The van der Waals surface area contributed by atoms with Crippen LogP contribution >= 0.6 is 38.5 Å². The second kappa shape index (κ2) is 4.12. The number of pyridine rings is 1. The summed E-state index contributed by atoms with van der Waals surface area (Å²) in [7, 11) is 0. The summed E-state index contributed by atoms with van der Waals surface area (Å²) in [4.78, 5) is 3.69. The first-order chi connectivity index (χ1) is 5.95. The Balaban J connectivity index is 3.24. The Bertz CT molecular complexity index is 313. The van der Waals surface area contributed by atoms with Gasteiger partial charge in [-0.05, 0) is 28.7 Å². The van der Waals surface area contributed by atoms with Gasteiger partial charge in [0.05, 0.1) is 11.3 Å². The highest BCUT2D eigenvalue weighted by Gasteiger charge is 2.33. The van der Waals surface area contributed by atoms with Gasteiger partial charge < -0.3 is 0 Å². The minimum Gasteiger partial charge on any atom is -0.259 e. The molecule has 0 amide bonds. The minimum atomic E-state index is -4.32. The average Bonchev–Trinajstić information content (AvgIpc) is 2.03. The summed E-state index contributed by atoms with van der Waals surface area (Å²) in [6.45, 7) is 0. The van der Waals surface area contributed by atoms with E-state index in [4.69, 9.17) is 0 Å². The predicted molar refractivity (Wildman–Crippen MR) is 54.6 cm³/mol. The molecule has 0 bridgehead atoms. The molecule has 0 radical (unpaired) electrons. The van der Waals surface area contributed by atoms with Crippen LogP contribution in [0.4, 0.5) is 13.2 Å². The van der Waals surface area contributed by atoms with Gasteiger partial charge in [0.1, 0.15) is 0 Å². The van der Waals surface area contributed by atoms with Gasteiger partial charge in [0, 0.05) is 15.1 Å². The van der Waals surface area contributed by atoms with Gasteiger partial charge in [0.25, 0.3) is 0 Å². The third-order valence-corrected chi connectivity index (χ3v) is 2.49. The van der Waals surface area contributed by atoms with Gasteiger partial charge in [-0.25, -0.2) is 0 Å². The number of hydrogen-bond donors (Lipinski definition) is 0. The van der Waals surface area contributed by atoms with Crippen LogP contribution in [-0.4, -0.2) is 4.98 Å².